The predicted octanol–water partition coefficient (Wildman–Crippen LogP) is 4.02. The lowest BCUT2D eigenvalue weighted by Crippen LogP contribution is -2.43. The molecule has 4 heterocycles. The van der Waals surface area contributed by atoms with Gasteiger partial charge in [0.05, 0.1) is 52.3 Å². The molecule has 3 aromatic heterocycles. The maximum atomic E-state index is 13.2. The van der Waals surface area contributed by atoms with Gasteiger partial charge in [0.25, 0.3) is 5.91 Å². The summed E-state index contributed by atoms with van der Waals surface area (Å²) >= 11 is 1.30. The highest BCUT2D eigenvalue weighted by molar-refractivity contribution is 7.17. The van der Waals surface area contributed by atoms with Crippen molar-refractivity contribution < 1.29 is 25.3 Å². The van der Waals surface area contributed by atoms with Crippen LogP contribution in [0.2, 0.25) is 0 Å². The third-order valence-electron chi connectivity index (χ3n) is 6.82. The number of thiophene rings is 1. The first-order valence-electron chi connectivity index (χ1n) is 13.2. The van der Waals surface area contributed by atoms with E-state index >= 15 is 0 Å². The molecule has 40 heavy (non-hydrogen) atoms. The fourth-order valence-electron chi connectivity index (χ4n) is 4.47. The molecule has 0 saturated carbocycles. The number of oxazole rings is 1. The van der Waals surface area contributed by atoms with Gasteiger partial charge < -0.3 is 23.7 Å². The van der Waals surface area contributed by atoms with E-state index in [2.05, 4.69) is 15.2 Å². The van der Waals surface area contributed by atoms with Crippen molar-refractivity contribution in [3.63, 3.8) is 0 Å². The van der Waals surface area contributed by atoms with Crippen LogP contribution >= 0.6 is 11.3 Å². The van der Waals surface area contributed by atoms with Gasteiger partial charge in [-0.15, -0.1) is 11.3 Å². The Hall–Kier alpha value is -3.58. The molecule has 1 fully saturated rings. The van der Waals surface area contributed by atoms with Gasteiger partial charge >= 0.3 is 0 Å². The van der Waals surface area contributed by atoms with Gasteiger partial charge in [0.15, 0.2) is 11.7 Å². The van der Waals surface area contributed by atoms with Crippen LogP contribution in [0.15, 0.2) is 40.9 Å². The molecular formula is C28H36N6O5S. The molecule has 1 aliphatic rings. The molecule has 0 radical (unpaired) electrons. The normalized spacial score (nSPS) is 14.5. The summed E-state index contributed by atoms with van der Waals surface area (Å²) in [5, 5.41) is 13.3. The molecule has 1 aliphatic heterocycles. The van der Waals surface area contributed by atoms with Gasteiger partial charge in [-0.3, -0.25) is 19.8 Å². The van der Waals surface area contributed by atoms with Crippen molar-refractivity contribution in [2.45, 2.75) is 39.3 Å². The lowest BCUT2D eigenvalue weighted by molar-refractivity contribution is -0.120. The molecule has 214 valence electrons. The summed E-state index contributed by atoms with van der Waals surface area (Å²) in [6.07, 6.45) is 2.09. The zero-order chi connectivity index (χ0) is 28.4. The molecule has 5 rings (SSSR count). The summed E-state index contributed by atoms with van der Waals surface area (Å²) in [6, 6.07) is 9.18. The highest BCUT2D eigenvalue weighted by atomic mass is 32.1. The van der Waals surface area contributed by atoms with Gasteiger partial charge in [-0.25, -0.2) is 9.97 Å². The maximum absolute atomic E-state index is 13.2. The molecule has 11 nitrogen and oxygen atoms in total. The molecular weight excluding hydrogens is 532 g/mol. The van der Waals surface area contributed by atoms with E-state index in [1.807, 2.05) is 28.8 Å². The van der Waals surface area contributed by atoms with Crippen LogP contribution in [0.5, 0.6) is 0 Å². The third-order valence-corrected chi connectivity index (χ3v) is 7.92. The largest absolute Gasteiger partial charge is 0.440 e. The second kappa shape index (κ2) is 11.5. The van der Waals surface area contributed by atoms with Crippen molar-refractivity contribution >= 4 is 45.8 Å². The minimum Gasteiger partial charge on any atom is -0.440 e. The van der Waals surface area contributed by atoms with Crippen LogP contribution in [0.1, 0.15) is 37.3 Å². The van der Waals surface area contributed by atoms with Gasteiger partial charge in [0.1, 0.15) is 0 Å². The van der Waals surface area contributed by atoms with Crippen molar-refractivity contribution in [2.75, 3.05) is 50.1 Å². The molecule has 0 bridgehead atoms. The van der Waals surface area contributed by atoms with Crippen molar-refractivity contribution in [1.82, 2.24) is 19.4 Å². The number of nitrogens with one attached hydrogen (secondary N) is 1. The van der Waals surface area contributed by atoms with Crippen LogP contribution in [0, 0.1) is 6.92 Å². The van der Waals surface area contributed by atoms with E-state index in [9.17, 15) is 14.7 Å². The van der Waals surface area contributed by atoms with Crippen molar-refractivity contribution in [2.24, 2.45) is 0 Å². The van der Waals surface area contributed by atoms with Gasteiger partial charge in [-0.2, -0.15) is 0 Å². The van der Waals surface area contributed by atoms with E-state index in [4.69, 9.17) is 14.1 Å². The highest BCUT2D eigenvalue weighted by Gasteiger charge is 2.22. The number of aliphatic hydroxyl groups is 1. The Morgan fingerprint density at radius 2 is 2.00 bits per heavy atom. The number of aromatic nitrogens is 3. The van der Waals surface area contributed by atoms with Gasteiger partial charge in [0, 0.05) is 40.7 Å². The number of morpholine rings is 1. The summed E-state index contributed by atoms with van der Waals surface area (Å²) in [5.74, 6) is 1.22. The Balaban J connectivity index is 0.00000387. The lowest BCUT2D eigenvalue weighted by Gasteiger charge is -2.28. The summed E-state index contributed by atoms with van der Waals surface area (Å²) in [5.41, 5.74) is 1.24. The average Bonchev–Trinajstić information content (AvgIpc) is 3.65. The SMILES string of the molecule is Cc1ncc(-c2ccc(C(=O)Nc3nc4cc(N(C)C(=O)CN5CCOCC5)ccc4n3CCC(C)(C)O)s2)o1.[HH]. The first-order valence-corrected chi connectivity index (χ1v) is 14.0. The first kappa shape index (κ1) is 28.0. The number of fused-ring (bicyclic) bond motifs is 1. The average molecular weight is 569 g/mol. The molecule has 0 spiro atoms. The summed E-state index contributed by atoms with van der Waals surface area (Å²) in [7, 11) is 1.75. The minimum atomic E-state index is -0.901. The van der Waals surface area contributed by atoms with Crippen molar-refractivity contribution in [1.29, 1.82) is 0 Å². The quantitative estimate of drug-likeness (QED) is 0.310. The number of hydrogen-bond acceptors (Lipinski definition) is 9. The number of hydrogen-bond donors (Lipinski definition) is 2. The first-order chi connectivity index (χ1) is 19.1. The fraction of sp³-hybridized carbons (Fsp3) is 0.429. The molecule has 0 aliphatic carbocycles. The minimum absolute atomic E-state index is 0. The number of likely N-dealkylation sites (N-methyl/N-ethyl adjacent to an activating group) is 1. The van der Waals surface area contributed by atoms with E-state index in [1.165, 1.54) is 11.3 Å². The van der Waals surface area contributed by atoms with Crippen LogP contribution in [0.3, 0.4) is 0 Å². The number of aryl methyl sites for hydroxylation is 2. The molecule has 2 amide bonds. The van der Waals surface area contributed by atoms with Gasteiger partial charge in [-0.1, -0.05) is 0 Å². The molecule has 1 aromatic carbocycles. The Labute approximate surface area is 237 Å². The summed E-state index contributed by atoms with van der Waals surface area (Å²) < 4.78 is 12.9. The topological polar surface area (TPSA) is 126 Å². The van der Waals surface area contributed by atoms with E-state index in [0.717, 1.165) is 23.5 Å². The predicted molar refractivity (Wildman–Crippen MR) is 156 cm³/mol. The molecule has 4 aromatic rings. The van der Waals surface area contributed by atoms with E-state index in [-0.39, 0.29) is 13.2 Å². The van der Waals surface area contributed by atoms with Crippen LogP contribution in [-0.2, 0) is 16.1 Å². The third kappa shape index (κ3) is 6.41. The summed E-state index contributed by atoms with van der Waals surface area (Å²) in [6.45, 7) is 8.74. The van der Waals surface area contributed by atoms with E-state index in [1.54, 1.807) is 45.0 Å². The lowest BCUT2D eigenvalue weighted by atomic mass is 10.1. The Kier molecular flexibility index (Phi) is 8.04. The van der Waals surface area contributed by atoms with Crippen molar-refractivity contribution in [3.05, 3.63) is 47.3 Å². The van der Waals surface area contributed by atoms with Gasteiger partial charge in [0.2, 0.25) is 11.9 Å². The number of nitrogens with zero attached hydrogens (tertiary/aromatic N) is 5. The fourth-order valence-corrected chi connectivity index (χ4v) is 5.31. The van der Waals surface area contributed by atoms with Crippen LogP contribution in [0.4, 0.5) is 11.6 Å². The van der Waals surface area contributed by atoms with E-state index in [0.29, 0.717) is 66.4 Å². The van der Waals surface area contributed by atoms with Crippen LogP contribution in [-0.4, -0.2) is 81.9 Å². The number of benzene rings is 1. The Bertz CT molecular complexity index is 1520. The number of carbonyl (C=O) groups is 2. The highest BCUT2D eigenvalue weighted by Crippen LogP contribution is 2.30. The zero-order valence-corrected chi connectivity index (χ0v) is 24.0. The maximum Gasteiger partial charge on any atom is 0.268 e. The number of imidazole rings is 1. The number of anilines is 2. The van der Waals surface area contributed by atoms with Gasteiger partial charge in [-0.05, 0) is 50.6 Å². The van der Waals surface area contributed by atoms with E-state index < -0.39 is 5.60 Å². The molecule has 1 saturated heterocycles. The Morgan fingerprint density at radius 1 is 1.23 bits per heavy atom. The second-order valence-electron chi connectivity index (χ2n) is 10.5. The number of amides is 2. The summed E-state index contributed by atoms with van der Waals surface area (Å²) in [4.78, 5) is 40.1. The van der Waals surface area contributed by atoms with Crippen molar-refractivity contribution in [3.8, 4) is 10.6 Å². The second-order valence-corrected chi connectivity index (χ2v) is 11.6. The number of rotatable bonds is 9. The standard InChI is InChI=1S/C28H34N6O5S.H2/c1-18-29-16-22(39-18)23-7-8-24(40-23)26(36)31-27-30-20-15-19(5-6-21(20)34(27)10-9-28(2,3)37)32(4)25(35)17-33-11-13-38-14-12-33;/h5-8,15-16,37H,9-14,17H2,1-4H3,(H,30,31,36);1H. The molecule has 0 unspecified atom stereocenters. The molecule has 2 N–H and O–H groups in total. The van der Waals surface area contributed by atoms with Crippen LogP contribution < -0.4 is 10.2 Å². The number of carbonyl (C=O) groups excluding carboxylic acids is 2. The monoisotopic (exact) mass is 568 g/mol. The zero-order valence-electron chi connectivity index (χ0n) is 23.1. The molecule has 0 atom stereocenters. The van der Waals surface area contributed by atoms with Crippen LogP contribution in [0.25, 0.3) is 21.7 Å². The number of ether oxygens (including phenoxy) is 1. The molecule has 12 heteroatoms. The smallest absolute Gasteiger partial charge is 0.268 e. The Morgan fingerprint density at radius 3 is 2.70 bits per heavy atom.